The summed E-state index contributed by atoms with van der Waals surface area (Å²) in [7, 11) is 0. The van der Waals surface area contributed by atoms with Crippen molar-refractivity contribution < 1.29 is 8.91 Å². The van der Waals surface area contributed by atoms with Gasteiger partial charge in [-0.25, -0.2) is 19.3 Å². The first kappa shape index (κ1) is 16.1. The number of anilines is 1. The Hall–Kier alpha value is -3.36. The average Bonchev–Trinajstić information content (AvgIpc) is 3.19. The number of hydrogen-bond donors (Lipinski definition) is 1. The number of imidazole rings is 1. The fraction of sp³-hybridized carbons (Fsp3) is 0.235. The normalized spacial score (nSPS) is 11.3. The lowest BCUT2D eigenvalue weighted by Gasteiger charge is -2.07. The van der Waals surface area contributed by atoms with E-state index in [2.05, 4.69) is 25.1 Å². The second kappa shape index (κ2) is 6.17. The van der Waals surface area contributed by atoms with Gasteiger partial charge in [0.2, 0.25) is 0 Å². The van der Waals surface area contributed by atoms with Gasteiger partial charge in [0.15, 0.2) is 22.7 Å². The molecule has 0 bridgehead atoms. The lowest BCUT2D eigenvalue weighted by Crippen LogP contribution is -2.05. The maximum atomic E-state index is 13.7. The second-order valence-corrected chi connectivity index (χ2v) is 5.90. The number of aryl methyl sites for hydroxylation is 2. The SMILES string of the molecule is CCc1nc(N)c2nc(-c3cncc(F)c3)n(Cc3cc(C)no3)c2n1. The van der Waals surface area contributed by atoms with Crippen LogP contribution in [-0.2, 0) is 13.0 Å². The standard InChI is InChI=1S/C17H16FN7O/c1-3-13-21-15(19)14-17(22-13)25(8-12-4-9(2)24-26-12)16(23-14)10-5-11(18)7-20-6-10/h4-7H,3,8H2,1-2H3,(H2,19,21,22). The van der Waals surface area contributed by atoms with Crippen LogP contribution in [0.15, 0.2) is 29.0 Å². The number of rotatable bonds is 4. The van der Waals surface area contributed by atoms with E-state index in [1.165, 1.54) is 12.3 Å². The third-order valence-corrected chi connectivity index (χ3v) is 3.94. The van der Waals surface area contributed by atoms with Crippen molar-refractivity contribution in [2.45, 2.75) is 26.8 Å². The van der Waals surface area contributed by atoms with E-state index in [-0.39, 0.29) is 5.82 Å². The number of nitrogen functional groups attached to an aromatic ring is 1. The monoisotopic (exact) mass is 353 g/mol. The van der Waals surface area contributed by atoms with Crippen molar-refractivity contribution in [2.24, 2.45) is 0 Å². The van der Waals surface area contributed by atoms with Crippen molar-refractivity contribution in [1.82, 2.24) is 29.7 Å². The van der Waals surface area contributed by atoms with Crippen LogP contribution in [0.3, 0.4) is 0 Å². The molecule has 4 rings (SSSR count). The molecule has 0 saturated heterocycles. The topological polar surface area (TPSA) is 109 Å². The van der Waals surface area contributed by atoms with Crippen molar-refractivity contribution in [3.8, 4) is 11.4 Å². The van der Waals surface area contributed by atoms with E-state index in [9.17, 15) is 4.39 Å². The van der Waals surface area contributed by atoms with Gasteiger partial charge in [-0.1, -0.05) is 12.1 Å². The van der Waals surface area contributed by atoms with Gasteiger partial charge < -0.3 is 14.8 Å². The number of hydrogen-bond acceptors (Lipinski definition) is 7. The van der Waals surface area contributed by atoms with Crippen LogP contribution in [0.1, 0.15) is 24.2 Å². The van der Waals surface area contributed by atoms with Crippen LogP contribution in [0.25, 0.3) is 22.6 Å². The summed E-state index contributed by atoms with van der Waals surface area (Å²) in [6.07, 6.45) is 3.31. The number of halogens is 1. The lowest BCUT2D eigenvalue weighted by atomic mass is 10.2. The van der Waals surface area contributed by atoms with E-state index in [1.54, 1.807) is 0 Å². The Bertz CT molecular complexity index is 1100. The molecule has 4 aromatic rings. The molecule has 0 aromatic carbocycles. The summed E-state index contributed by atoms with van der Waals surface area (Å²) in [6.45, 7) is 4.10. The van der Waals surface area contributed by atoms with E-state index >= 15 is 0 Å². The van der Waals surface area contributed by atoms with Gasteiger partial charge in [0.25, 0.3) is 0 Å². The Morgan fingerprint density at radius 3 is 2.73 bits per heavy atom. The quantitative estimate of drug-likeness (QED) is 0.600. The molecule has 0 atom stereocenters. The van der Waals surface area contributed by atoms with Gasteiger partial charge in [0.05, 0.1) is 18.4 Å². The van der Waals surface area contributed by atoms with Crippen LogP contribution in [-0.4, -0.2) is 29.7 Å². The predicted molar refractivity (Wildman–Crippen MR) is 92.6 cm³/mol. The van der Waals surface area contributed by atoms with Crippen LogP contribution in [0, 0.1) is 12.7 Å². The molecule has 4 aromatic heterocycles. The van der Waals surface area contributed by atoms with Crippen molar-refractivity contribution >= 4 is 17.0 Å². The third kappa shape index (κ3) is 2.77. The molecule has 9 heteroatoms. The number of aromatic nitrogens is 6. The van der Waals surface area contributed by atoms with E-state index in [4.69, 9.17) is 10.3 Å². The number of nitrogens with zero attached hydrogens (tertiary/aromatic N) is 6. The smallest absolute Gasteiger partial charge is 0.166 e. The molecule has 0 radical (unpaired) electrons. The van der Waals surface area contributed by atoms with Gasteiger partial charge in [-0.15, -0.1) is 0 Å². The first-order valence-electron chi connectivity index (χ1n) is 8.11. The molecule has 0 saturated carbocycles. The maximum absolute atomic E-state index is 13.7. The minimum Gasteiger partial charge on any atom is -0.382 e. The summed E-state index contributed by atoms with van der Waals surface area (Å²) in [6, 6.07) is 3.19. The number of pyridine rings is 1. The predicted octanol–water partition coefficient (Wildman–Crippen LogP) is 2.52. The molecule has 0 aliphatic rings. The van der Waals surface area contributed by atoms with Crippen molar-refractivity contribution in [2.75, 3.05) is 5.73 Å². The van der Waals surface area contributed by atoms with Crippen LogP contribution < -0.4 is 5.73 Å². The summed E-state index contributed by atoms with van der Waals surface area (Å²) >= 11 is 0. The van der Waals surface area contributed by atoms with Gasteiger partial charge in [0.1, 0.15) is 17.5 Å². The summed E-state index contributed by atoms with van der Waals surface area (Å²) < 4.78 is 20.8. The van der Waals surface area contributed by atoms with E-state index < -0.39 is 5.82 Å². The largest absolute Gasteiger partial charge is 0.382 e. The molecule has 2 N–H and O–H groups in total. The van der Waals surface area contributed by atoms with Gasteiger partial charge in [-0.05, 0) is 13.0 Å². The first-order valence-corrected chi connectivity index (χ1v) is 8.11. The van der Waals surface area contributed by atoms with Crippen LogP contribution in [0.2, 0.25) is 0 Å². The highest BCUT2D eigenvalue weighted by Gasteiger charge is 2.19. The molecule has 0 fully saturated rings. The molecule has 4 heterocycles. The third-order valence-electron chi connectivity index (χ3n) is 3.94. The molecule has 0 aliphatic carbocycles. The Morgan fingerprint density at radius 1 is 1.19 bits per heavy atom. The molecule has 26 heavy (non-hydrogen) atoms. The highest BCUT2D eigenvalue weighted by Crippen LogP contribution is 2.27. The molecule has 0 unspecified atom stereocenters. The summed E-state index contributed by atoms with van der Waals surface area (Å²) in [5.41, 5.74) is 8.36. The van der Waals surface area contributed by atoms with Crippen LogP contribution in [0.5, 0.6) is 0 Å². The van der Waals surface area contributed by atoms with E-state index in [1.807, 2.05) is 24.5 Å². The minimum atomic E-state index is -0.454. The fourth-order valence-corrected chi connectivity index (χ4v) is 2.78. The molecule has 0 amide bonds. The van der Waals surface area contributed by atoms with E-state index in [0.29, 0.717) is 47.1 Å². The Kier molecular flexibility index (Phi) is 3.83. The van der Waals surface area contributed by atoms with Crippen molar-refractivity contribution in [3.05, 3.63) is 47.6 Å². The Morgan fingerprint density at radius 2 is 2.04 bits per heavy atom. The highest BCUT2D eigenvalue weighted by molar-refractivity contribution is 5.85. The fourth-order valence-electron chi connectivity index (χ4n) is 2.78. The second-order valence-electron chi connectivity index (χ2n) is 5.90. The minimum absolute atomic E-state index is 0.282. The zero-order valence-corrected chi connectivity index (χ0v) is 14.3. The number of fused-ring (bicyclic) bond motifs is 1. The molecule has 132 valence electrons. The van der Waals surface area contributed by atoms with Gasteiger partial charge in [-0.3, -0.25) is 4.98 Å². The first-order chi connectivity index (χ1) is 12.5. The zero-order chi connectivity index (χ0) is 18.3. The van der Waals surface area contributed by atoms with E-state index in [0.717, 1.165) is 11.9 Å². The van der Waals surface area contributed by atoms with Gasteiger partial charge in [-0.2, -0.15) is 0 Å². The average molecular weight is 353 g/mol. The van der Waals surface area contributed by atoms with Gasteiger partial charge >= 0.3 is 0 Å². The molecule has 0 spiro atoms. The maximum Gasteiger partial charge on any atom is 0.166 e. The summed E-state index contributed by atoms with van der Waals surface area (Å²) in [5.74, 6) is 1.54. The van der Waals surface area contributed by atoms with Crippen LogP contribution in [0.4, 0.5) is 10.2 Å². The Balaban J connectivity index is 1.97. The molecule has 0 aliphatic heterocycles. The summed E-state index contributed by atoms with van der Waals surface area (Å²) in [5, 5.41) is 3.91. The highest BCUT2D eigenvalue weighted by atomic mass is 19.1. The number of nitrogens with two attached hydrogens (primary N) is 1. The van der Waals surface area contributed by atoms with Gasteiger partial charge in [0, 0.05) is 24.2 Å². The van der Waals surface area contributed by atoms with Crippen LogP contribution >= 0.6 is 0 Å². The van der Waals surface area contributed by atoms with Crippen molar-refractivity contribution in [3.63, 3.8) is 0 Å². The molecular weight excluding hydrogens is 337 g/mol. The Labute approximate surface area is 147 Å². The molecule has 8 nitrogen and oxygen atoms in total. The lowest BCUT2D eigenvalue weighted by molar-refractivity contribution is 0.374. The zero-order valence-electron chi connectivity index (χ0n) is 14.3. The van der Waals surface area contributed by atoms with Crippen molar-refractivity contribution in [1.29, 1.82) is 0 Å². The summed E-state index contributed by atoms with van der Waals surface area (Å²) in [4.78, 5) is 17.3. The molecular formula is C17H16FN7O.